The van der Waals surface area contributed by atoms with E-state index in [-0.39, 0.29) is 10.6 Å². The van der Waals surface area contributed by atoms with Crippen LogP contribution >= 0.6 is 0 Å². The van der Waals surface area contributed by atoms with Crippen LogP contribution < -0.4 is 11.3 Å². The van der Waals surface area contributed by atoms with Gasteiger partial charge in [0.2, 0.25) is 0 Å². The van der Waals surface area contributed by atoms with Crippen molar-refractivity contribution in [3.8, 4) is 0 Å². The fourth-order valence-electron chi connectivity index (χ4n) is 1.11. The first kappa shape index (κ1) is 9.63. The number of hydrazine groups is 1. The first-order valence-corrected chi connectivity index (χ1v) is 3.91. The molecule has 0 aliphatic rings. The average Bonchev–Trinajstić information content (AvgIpc) is 2.15. The van der Waals surface area contributed by atoms with Gasteiger partial charge in [0.15, 0.2) is 0 Å². The summed E-state index contributed by atoms with van der Waals surface area (Å²) in [5, 5.41) is 10.5. The zero-order valence-electron chi connectivity index (χ0n) is 7.06. The van der Waals surface area contributed by atoms with Gasteiger partial charge >= 0.3 is 0 Å². The lowest BCUT2D eigenvalue weighted by atomic mass is 10.1. The monoisotopic (exact) mass is 181 g/mol. The second-order valence-electron chi connectivity index (χ2n) is 2.59. The van der Waals surface area contributed by atoms with E-state index >= 15 is 0 Å². The Morgan fingerprint density at radius 3 is 2.77 bits per heavy atom. The Labute approximate surface area is 75.7 Å². The fraction of sp³-hybridized carbons (Fsp3) is 0.250. The topological polar surface area (TPSA) is 81.2 Å². The number of hydrogen-bond donors (Lipinski definition) is 2. The van der Waals surface area contributed by atoms with Gasteiger partial charge in [0.1, 0.15) is 0 Å². The van der Waals surface area contributed by atoms with E-state index < -0.39 is 0 Å². The molecule has 0 fully saturated rings. The molecule has 0 bridgehead atoms. The van der Waals surface area contributed by atoms with E-state index in [0.29, 0.717) is 18.5 Å². The van der Waals surface area contributed by atoms with Gasteiger partial charge in [-0.3, -0.25) is 21.4 Å². The summed E-state index contributed by atoms with van der Waals surface area (Å²) in [6.07, 6.45) is 0.563. The average molecular weight is 181 g/mol. The highest BCUT2D eigenvalue weighted by Crippen LogP contribution is 2.17. The molecule has 0 unspecified atom stereocenters. The maximum Gasteiger partial charge on any atom is 0.272 e. The molecular formula is C8H11N3O2. The Kier molecular flexibility index (Phi) is 3.36. The van der Waals surface area contributed by atoms with Crippen molar-refractivity contribution in [2.24, 2.45) is 5.84 Å². The van der Waals surface area contributed by atoms with Crippen LogP contribution in [-0.2, 0) is 6.42 Å². The molecule has 0 radical (unpaired) electrons. The van der Waals surface area contributed by atoms with Gasteiger partial charge in [-0.15, -0.1) is 0 Å². The molecule has 1 aromatic carbocycles. The predicted molar refractivity (Wildman–Crippen MR) is 49.0 cm³/mol. The van der Waals surface area contributed by atoms with Crippen LogP contribution in [0.1, 0.15) is 5.56 Å². The van der Waals surface area contributed by atoms with Crippen molar-refractivity contribution in [3.63, 3.8) is 0 Å². The number of nitrogens with two attached hydrogens (primary N) is 1. The Morgan fingerprint density at radius 2 is 2.15 bits per heavy atom. The third-order valence-electron chi connectivity index (χ3n) is 1.73. The molecule has 70 valence electrons. The van der Waals surface area contributed by atoms with E-state index in [9.17, 15) is 10.1 Å². The van der Waals surface area contributed by atoms with Crippen molar-refractivity contribution >= 4 is 5.69 Å². The normalized spacial score (nSPS) is 9.92. The van der Waals surface area contributed by atoms with Crippen LogP contribution in [0.25, 0.3) is 0 Å². The van der Waals surface area contributed by atoms with Crippen molar-refractivity contribution in [2.45, 2.75) is 6.42 Å². The molecular weight excluding hydrogens is 170 g/mol. The van der Waals surface area contributed by atoms with E-state index in [4.69, 9.17) is 5.84 Å². The SMILES string of the molecule is NNCCc1ccccc1[N+](=O)[O-]. The Bertz CT molecular complexity index is 301. The van der Waals surface area contributed by atoms with Crippen LogP contribution in [0.3, 0.4) is 0 Å². The van der Waals surface area contributed by atoms with E-state index in [0.717, 1.165) is 0 Å². The van der Waals surface area contributed by atoms with Gasteiger partial charge in [0.25, 0.3) is 5.69 Å². The summed E-state index contributed by atoms with van der Waals surface area (Å²) in [6, 6.07) is 6.65. The van der Waals surface area contributed by atoms with Crippen LogP contribution in [0, 0.1) is 10.1 Å². The molecule has 5 nitrogen and oxygen atoms in total. The predicted octanol–water partition coefficient (Wildman–Crippen LogP) is 0.601. The highest BCUT2D eigenvalue weighted by atomic mass is 16.6. The molecule has 0 amide bonds. The second kappa shape index (κ2) is 4.54. The number of benzene rings is 1. The molecule has 5 heteroatoms. The molecule has 0 aliphatic heterocycles. The van der Waals surface area contributed by atoms with E-state index in [1.165, 1.54) is 6.07 Å². The molecule has 1 aromatic rings. The summed E-state index contributed by atoms with van der Waals surface area (Å²) in [4.78, 5) is 10.2. The highest BCUT2D eigenvalue weighted by molar-refractivity contribution is 5.39. The Balaban J connectivity index is 2.84. The quantitative estimate of drug-likeness (QED) is 0.405. The third-order valence-corrected chi connectivity index (χ3v) is 1.73. The maximum atomic E-state index is 10.5. The van der Waals surface area contributed by atoms with Crippen LogP contribution in [0.15, 0.2) is 24.3 Å². The van der Waals surface area contributed by atoms with Crippen molar-refractivity contribution in [1.29, 1.82) is 0 Å². The number of nitro benzene ring substituents is 1. The summed E-state index contributed by atoms with van der Waals surface area (Å²) in [7, 11) is 0. The molecule has 1 rings (SSSR count). The first-order chi connectivity index (χ1) is 6.25. The molecule has 0 saturated carbocycles. The van der Waals surface area contributed by atoms with Gasteiger partial charge in [0.05, 0.1) is 4.92 Å². The van der Waals surface area contributed by atoms with E-state index in [1.54, 1.807) is 18.2 Å². The van der Waals surface area contributed by atoms with Gasteiger partial charge in [-0.2, -0.15) is 0 Å². The van der Waals surface area contributed by atoms with Crippen LogP contribution in [0.5, 0.6) is 0 Å². The lowest BCUT2D eigenvalue weighted by Gasteiger charge is -2.01. The maximum absolute atomic E-state index is 10.5. The number of nitrogens with zero attached hydrogens (tertiary/aromatic N) is 1. The number of para-hydroxylation sites is 1. The standard InChI is InChI=1S/C8H11N3O2/c9-10-6-5-7-3-1-2-4-8(7)11(12)13/h1-4,10H,5-6,9H2. The zero-order valence-corrected chi connectivity index (χ0v) is 7.06. The molecule has 0 atom stereocenters. The van der Waals surface area contributed by atoms with Crippen molar-refractivity contribution in [1.82, 2.24) is 5.43 Å². The summed E-state index contributed by atoms with van der Waals surface area (Å²) < 4.78 is 0. The van der Waals surface area contributed by atoms with Gasteiger partial charge in [-0.25, -0.2) is 0 Å². The van der Waals surface area contributed by atoms with Gasteiger partial charge < -0.3 is 0 Å². The fourth-order valence-corrected chi connectivity index (χ4v) is 1.11. The van der Waals surface area contributed by atoms with E-state index in [2.05, 4.69) is 5.43 Å². The number of rotatable bonds is 4. The summed E-state index contributed by atoms with van der Waals surface area (Å²) >= 11 is 0. The number of nitro groups is 1. The molecule has 0 aromatic heterocycles. The first-order valence-electron chi connectivity index (χ1n) is 3.91. The van der Waals surface area contributed by atoms with Crippen LogP contribution in [-0.4, -0.2) is 11.5 Å². The second-order valence-corrected chi connectivity index (χ2v) is 2.59. The zero-order chi connectivity index (χ0) is 9.68. The lowest BCUT2D eigenvalue weighted by Crippen LogP contribution is -2.24. The molecule has 0 saturated heterocycles. The minimum atomic E-state index is -0.383. The minimum absolute atomic E-state index is 0.151. The van der Waals surface area contributed by atoms with Crippen molar-refractivity contribution in [2.75, 3.05) is 6.54 Å². The number of hydrogen-bond acceptors (Lipinski definition) is 4. The number of nitrogens with one attached hydrogen (secondary N) is 1. The van der Waals surface area contributed by atoms with E-state index in [1.807, 2.05) is 0 Å². The Hall–Kier alpha value is -1.46. The van der Waals surface area contributed by atoms with Crippen LogP contribution in [0.2, 0.25) is 0 Å². The van der Waals surface area contributed by atoms with Crippen LogP contribution in [0.4, 0.5) is 5.69 Å². The smallest absolute Gasteiger partial charge is 0.271 e. The van der Waals surface area contributed by atoms with Gasteiger partial charge in [-0.1, -0.05) is 18.2 Å². The minimum Gasteiger partial charge on any atom is -0.271 e. The summed E-state index contributed by atoms with van der Waals surface area (Å²) in [5.74, 6) is 5.08. The lowest BCUT2D eigenvalue weighted by molar-refractivity contribution is -0.385. The van der Waals surface area contributed by atoms with Gasteiger partial charge in [0, 0.05) is 18.2 Å². The largest absolute Gasteiger partial charge is 0.272 e. The Morgan fingerprint density at radius 1 is 1.46 bits per heavy atom. The molecule has 0 spiro atoms. The molecule has 0 heterocycles. The molecule has 3 N–H and O–H groups in total. The van der Waals surface area contributed by atoms with Gasteiger partial charge in [-0.05, 0) is 6.42 Å². The summed E-state index contributed by atoms with van der Waals surface area (Å²) in [5.41, 5.74) is 3.31. The highest BCUT2D eigenvalue weighted by Gasteiger charge is 2.10. The van der Waals surface area contributed by atoms with Crippen molar-refractivity contribution in [3.05, 3.63) is 39.9 Å². The van der Waals surface area contributed by atoms with Crippen molar-refractivity contribution < 1.29 is 4.92 Å². The summed E-state index contributed by atoms with van der Waals surface area (Å²) in [6.45, 7) is 0.533. The molecule has 13 heavy (non-hydrogen) atoms. The third kappa shape index (κ3) is 2.50. The molecule has 0 aliphatic carbocycles.